The van der Waals surface area contributed by atoms with Crippen LogP contribution < -0.4 is 13.6 Å². The third-order valence-corrected chi connectivity index (χ3v) is 6.04. The molecule has 0 fully saturated rings. The van der Waals surface area contributed by atoms with Crippen molar-refractivity contribution in [2.75, 3.05) is 0 Å². The Morgan fingerprint density at radius 2 is 1.07 bits per heavy atom. The SMILES string of the molecule is Cc1ccc(OP(=O)(Oc2cccc(C)c2C)Oc2cccc(C)c2C)cc1. The van der Waals surface area contributed by atoms with Gasteiger partial charge in [-0.3, -0.25) is 0 Å². The van der Waals surface area contributed by atoms with Crippen LogP contribution in [-0.4, -0.2) is 0 Å². The molecule has 146 valence electrons. The maximum Gasteiger partial charge on any atom is 0.647 e. The molecular formula is C23H25O4P. The van der Waals surface area contributed by atoms with Crippen molar-refractivity contribution < 1.29 is 18.1 Å². The van der Waals surface area contributed by atoms with Crippen molar-refractivity contribution in [2.45, 2.75) is 34.6 Å². The van der Waals surface area contributed by atoms with E-state index < -0.39 is 7.82 Å². The van der Waals surface area contributed by atoms with Crippen LogP contribution in [0.4, 0.5) is 0 Å². The second-order valence-electron chi connectivity index (χ2n) is 6.93. The highest BCUT2D eigenvalue weighted by molar-refractivity contribution is 7.49. The molecule has 0 aliphatic carbocycles. The van der Waals surface area contributed by atoms with Gasteiger partial charge in [-0.1, -0.05) is 42.0 Å². The third kappa shape index (κ3) is 4.58. The Bertz CT molecular complexity index is 968. The Kier molecular flexibility index (Phi) is 5.81. The number of rotatable bonds is 6. The van der Waals surface area contributed by atoms with Crippen molar-refractivity contribution in [1.29, 1.82) is 0 Å². The molecule has 0 aromatic heterocycles. The summed E-state index contributed by atoms with van der Waals surface area (Å²) in [5.74, 6) is 1.37. The lowest BCUT2D eigenvalue weighted by molar-refractivity contribution is 0.297. The van der Waals surface area contributed by atoms with Gasteiger partial charge in [0.05, 0.1) is 0 Å². The van der Waals surface area contributed by atoms with E-state index in [-0.39, 0.29) is 0 Å². The monoisotopic (exact) mass is 396 g/mol. The summed E-state index contributed by atoms with van der Waals surface area (Å²) in [7, 11) is -3.99. The Balaban J connectivity index is 1.99. The molecule has 0 spiro atoms. The van der Waals surface area contributed by atoms with Gasteiger partial charge in [0, 0.05) is 0 Å². The Morgan fingerprint density at radius 1 is 0.607 bits per heavy atom. The molecule has 28 heavy (non-hydrogen) atoms. The minimum atomic E-state index is -3.99. The second-order valence-corrected chi connectivity index (χ2v) is 8.37. The zero-order chi connectivity index (χ0) is 20.3. The zero-order valence-corrected chi connectivity index (χ0v) is 17.7. The number of hydrogen-bond donors (Lipinski definition) is 0. The fourth-order valence-corrected chi connectivity index (χ4v) is 4.04. The van der Waals surface area contributed by atoms with Gasteiger partial charge in [0.25, 0.3) is 0 Å². The summed E-state index contributed by atoms with van der Waals surface area (Å²) in [4.78, 5) is 0. The molecule has 3 rings (SSSR count). The third-order valence-electron chi connectivity index (χ3n) is 4.77. The molecule has 0 aliphatic heterocycles. The van der Waals surface area contributed by atoms with Gasteiger partial charge >= 0.3 is 7.82 Å². The van der Waals surface area contributed by atoms with Gasteiger partial charge in [0.1, 0.15) is 17.2 Å². The minimum absolute atomic E-state index is 0.421. The van der Waals surface area contributed by atoms with Gasteiger partial charge in [0.2, 0.25) is 0 Å². The maximum absolute atomic E-state index is 13.7. The minimum Gasteiger partial charge on any atom is -0.386 e. The highest BCUT2D eigenvalue weighted by Gasteiger charge is 2.34. The highest BCUT2D eigenvalue weighted by atomic mass is 31.2. The Hall–Kier alpha value is -2.71. The van der Waals surface area contributed by atoms with E-state index >= 15 is 0 Å². The lowest BCUT2D eigenvalue weighted by Crippen LogP contribution is -2.09. The summed E-state index contributed by atoms with van der Waals surface area (Å²) in [6.45, 7) is 9.75. The van der Waals surface area contributed by atoms with E-state index in [1.165, 1.54) is 0 Å². The van der Waals surface area contributed by atoms with Gasteiger partial charge in [0.15, 0.2) is 0 Å². The normalized spacial score (nSPS) is 11.2. The molecule has 5 heteroatoms. The van der Waals surface area contributed by atoms with E-state index in [4.69, 9.17) is 13.6 Å². The molecule has 3 aromatic carbocycles. The predicted octanol–water partition coefficient (Wildman–Crippen LogP) is 6.87. The van der Waals surface area contributed by atoms with E-state index in [9.17, 15) is 4.57 Å². The van der Waals surface area contributed by atoms with Gasteiger partial charge in [-0.15, -0.1) is 0 Å². The molecule has 0 amide bonds. The van der Waals surface area contributed by atoms with Crippen molar-refractivity contribution in [3.8, 4) is 17.2 Å². The predicted molar refractivity (Wildman–Crippen MR) is 113 cm³/mol. The van der Waals surface area contributed by atoms with Crippen molar-refractivity contribution in [1.82, 2.24) is 0 Å². The zero-order valence-electron chi connectivity index (χ0n) is 16.9. The second kappa shape index (κ2) is 8.12. The molecule has 0 radical (unpaired) electrons. The summed E-state index contributed by atoms with van der Waals surface area (Å²) >= 11 is 0. The van der Waals surface area contributed by atoms with Crippen molar-refractivity contribution in [3.63, 3.8) is 0 Å². The molecule has 0 N–H and O–H groups in total. The van der Waals surface area contributed by atoms with Crippen molar-refractivity contribution >= 4 is 7.82 Å². The van der Waals surface area contributed by atoms with Gasteiger partial charge in [-0.25, -0.2) is 0 Å². The van der Waals surface area contributed by atoms with Crippen LogP contribution in [-0.2, 0) is 4.57 Å². The van der Waals surface area contributed by atoms with Crippen molar-refractivity contribution in [2.24, 2.45) is 0 Å². The molecule has 0 unspecified atom stereocenters. The molecule has 0 aliphatic rings. The fourth-order valence-electron chi connectivity index (χ4n) is 2.67. The van der Waals surface area contributed by atoms with Crippen LogP contribution in [0.1, 0.15) is 27.8 Å². The molecule has 4 nitrogen and oxygen atoms in total. The van der Waals surface area contributed by atoms with Crippen molar-refractivity contribution in [3.05, 3.63) is 88.5 Å². The number of phosphoric ester groups is 1. The van der Waals surface area contributed by atoms with E-state index in [0.29, 0.717) is 17.2 Å². The van der Waals surface area contributed by atoms with Gasteiger partial charge < -0.3 is 13.6 Å². The van der Waals surface area contributed by atoms with E-state index in [1.54, 1.807) is 24.3 Å². The van der Waals surface area contributed by atoms with Crippen LogP contribution >= 0.6 is 7.82 Å². The average Bonchev–Trinajstić information content (AvgIpc) is 2.65. The van der Waals surface area contributed by atoms with Crippen LogP contribution in [0.15, 0.2) is 60.7 Å². The fraction of sp³-hybridized carbons (Fsp3) is 0.217. The van der Waals surface area contributed by atoms with Crippen LogP contribution in [0.2, 0.25) is 0 Å². The summed E-state index contributed by atoms with van der Waals surface area (Å²) in [5.41, 5.74) is 4.92. The molecule has 3 aromatic rings. The summed E-state index contributed by atoms with van der Waals surface area (Å²) in [5, 5.41) is 0. The van der Waals surface area contributed by atoms with Crippen LogP contribution in [0, 0.1) is 34.6 Å². The quantitative estimate of drug-likeness (QED) is 0.426. The number of aryl methyl sites for hydroxylation is 3. The van der Waals surface area contributed by atoms with Crippen LogP contribution in [0.3, 0.4) is 0 Å². The lowest BCUT2D eigenvalue weighted by Gasteiger charge is -2.22. The number of phosphoric acid groups is 1. The largest absolute Gasteiger partial charge is 0.647 e. The molecule has 0 heterocycles. The summed E-state index contributed by atoms with van der Waals surface area (Å²) < 4.78 is 31.1. The van der Waals surface area contributed by atoms with E-state index in [0.717, 1.165) is 27.8 Å². The van der Waals surface area contributed by atoms with E-state index in [1.807, 2.05) is 71.0 Å². The average molecular weight is 396 g/mol. The first-order chi connectivity index (χ1) is 13.3. The molecule has 0 saturated heterocycles. The maximum atomic E-state index is 13.7. The summed E-state index contributed by atoms with van der Waals surface area (Å²) in [6, 6.07) is 18.4. The standard InChI is InChI=1S/C23H25O4P/c1-16-12-14-21(15-13-16)25-28(24,26-22-10-6-8-17(2)19(22)4)27-23-11-7-9-18(3)20(23)5/h6-15H,1-5H3. The topological polar surface area (TPSA) is 44.8 Å². The van der Waals surface area contributed by atoms with Gasteiger partial charge in [-0.2, -0.15) is 4.57 Å². The Morgan fingerprint density at radius 3 is 1.54 bits per heavy atom. The smallest absolute Gasteiger partial charge is 0.386 e. The molecule has 0 bridgehead atoms. The Labute approximate surface area is 166 Å². The first-order valence-electron chi connectivity index (χ1n) is 9.15. The summed E-state index contributed by atoms with van der Waals surface area (Å²) in [6.07, 6.45) is 0. The first-order valence-corrected chi connectivity index (χ1v) is 10.6. The van der Waals surface area contributed by atoms with E-state index in [2.05, 4.69) is 0 Å². The van der Waals surface area contributed by atoms with Gasteiger partial charge in [-0.05, 0) is 81.1 Å². The lowest BCUT2D eigenvalue weighted by atomic mass is 10.1. The highest BCUT2D eigenvalue weighted by Crippen LogP contribution is 2.51. The molecule has 0 atom stereocenters. The molecular weight excluding hydrogens is 371 g/mol. The van der Waals surface area contributed by atoms with Crippen LogP contribution in [0.5, 0.6) is 17.2 Å². The number of hydrogen-bond acceptors (Lipinski definition) is 4. The molecule has 0 saturated carbocycles. The first kappa shape index (κ1) is 20.0. The number of benzene rings is 3. The van der Waals surface area contributed by atoms with Crippen LogP contribution in [0.25, 0.3) is 0 Å².